The lowest BCUT2D eigenvalue weighted by Crippen LogP contribution is -2.37. The highest BCUT2D eigenvalue weighted by atomic mass is 35.5. The summed E-state index contributed by atoms with van der Waals surface area (Å²) < 4.78 is 23.7. The van der Waals surface area contributed by atoms with Gasteiger partial charge in [0.1, 0.15) is 0 Å². The Hall–Kier alpha value is -0.140. The molecule has 1 fully saturated rings. The van der Waals surface area contributed by atoms with E-state index in [4.69, 9.17) is 17.3 Å². The van der Waals surface area contributed by atoms with E-state index in [0.717, 1.165) is 0 Å². The fraction of sp³-hybridized carbons (Fsp3) is 0.600. The molecule has 96 valence electrons. The molecule has 0 radical (unpaired) electrons. The molecule has 4 nitrogen and oxygen atoms in total. The van der Waals surface area contributed by atoms with Crippen LogP contribution in [0.1, 0.15) is 17.4 Å². The van der Waals surface area contributed by atoms with Gasteiger partial charge in [-0.05, 0) is 18.6 Å². The summed E-state index contributed by atoms with van der Waals surface area (Å²) in [6.07, 6.45) is -0.454. The smallest absolute Gasteiger partial charge is 0.151 e. The van der Waals surface area contributed by atoms with Gasteiger partial charge in [0, 0.05) is 16.8 Å². The van der Waals surface area contributed by atoms with Gasteiger partial charge in [-0.3, -0.25) is 0 Å². The van der Waals surface area contributed by atoms with Gasteiger partial charge in [-0.1, -0.05) is 11.6 Å². The third-order valence-corrected chi connectivity index (χ3v) is 6.39. The van der Waals surface area contributed by atoms with Crippen molar-refractivity contribution in [3.63, 3.8) is 0 Å². The van der Waals surface area contributed by atoms with Crippen molar-refractivity contribution in [1.82, 2.24) is 0 Å². The number of hydrogen-bond donors (Lipinski definition) is 2. The summed E-state index contributed by atoms with van der Waals surface area (Å²) in [5.41, 5.74) is 4.93. The maximum absolute atomic E-state index is 11.6. The molecule has 2 heterocycles. The van der Waals surface area contributed by atoms with Crippen LogP contribution >= 0.6 is 22.9 Å². The second kappa shape index (κ2) is 4.51. The lowest BCUT2D eigenvalue weighted by Gasteiger charge is -2.30. The van der Waals surface area contributed by atoms with Gasteiger partial charge in [0.2, 0.25) is 0 Å². The number of nitrogens with two attached hydrogens (primary N) is 1. The van der Waals surface area contributed by atoms with Crippen molar-refractivity contribution in [2.45, 2.75) is 12.5 Å². The van der Waals surface area contributed by atoms with Gasteiger partial charge in [-0.15, -0.1) is 11.3 Å². The highest BCUT2D eigenvalue weighted by molar-refractivity contribution is 7.91. The second-order valence-electron chi connectivity index (χ2n) is 4.45. The molecule has 0 spiro atoms. The predicted octanol–water partition coefficient (Wildman–Crippen LogP) is 1.20. The Kier molecular flexibility index (Phi) is 3.53. The zero-order chi connectivity index (χ0) is 12.7. The third-order valence-electron chi connectivity index (χ3n) is 3.27. The first-order chi connectivity index (χ1) is 7.88. The average Bonchev–Trinajstić information content (AvgIpc) is 2.82. The van der Waals surface area contributed by atoms with Crippen molar-refractivity contribution in [2.75, 3.05) is 18.1 Å². The molecule has 0 bridgehead atoms. The van der Waals surface area contributed by atoms with Gasteiger partial charge >= 0.3 is 0 Å². The second-order valence-corrected chi connectivity index (χ2v) is 8.38. The van der Waals surface area contributed by atoms with Gasteiger partial charge in [-0.2, -0.15) is 0 Å². The zero-order valence-electron chi connectivity index (χ0n) is 9.10. The number of aliphatic hydroxyl groups excluding tert-OH is 1. The molecular formula is C10H14ClNO3S2. The van der Waals surface area contributed by atoms with Gasteiger partial charge in [0.25, 0.3) is 0 Å². The Bertz CT molecular complexity index is 513. The SMILES string of the molecule is NCC1(C(O)c2ccc(Cl)s2)CCS(=O)(=O)C1. The maximum Gasteiger partial charge on any atom is 0.151 e. The first-order valence-corrected chi connectivity index (χ1v) is 8.24. The lowest BCUT2D eigenvalue weighted by molar-refractivity contribution is 0.0501. The molecule has 1 aromatic heterocycles. The normalized spacial score (nSPS) is 29.4. The van der Waals surface area contributed by atoms with Gasteiger partial charge < -0.3 is 10.8 Å². The third kappa shape index (κ3) is 2.51. The number of rotatable bonds is 3. The summed E-state index contributed by atoms with van der Waals surface area (Å²) >= 11 is 7.08. The highest BCUT2D eigenvalue weighted by Gasteiger charge is 2.47. The minimum absolute atomic E-state index is 0.0484. The van der Waals surface area contributed by atoms with Crippen LogP contribution in [0.25, 0.3) is 0 Å². The molecule has 2 atom stereocenters. The molecule has 3 N–H and O–H groups in total. The van der Waals surface area contributed by atoms with E-state index >= 15 is 0 Å². The fourth-order valence-electron chi connectivity index (χ4n) is 2.21. The van der Waals surface area contributed by atoms with E-state index in [0.29, 0.717) is 15.6 Å². The number of aliphatic hydroxyl groups is 1. The monoisotopic (exact) mass is 295 g/mol. The molecular weight excluding hydrogens is 282 g/mol. The van der Waals surface area contributed by atoms with Crippen LogP contribution in [0.4, 0.5) is 0 Å². The largest absolute Gasteiger partial charge is 0.387 e. The molecule has 0 aliphatic carbocycles. The predicted molar refractivity (Wildman–Crippen MR) is 69.0 cm³/mol. The molecule has 1 aliphatic rings. The number of hydrogen-bond acceptors (Lipinski definition) is 5. The Morgan fingerprint density at radius 2 is 2.29 bits per heavy atom. The minimum Gasteiger partial charge on any atom is -0.387 e. The molecule has 2 rings (SSSR count). The summed E-state index contributed by atoms with van der Waals surface area (Å²) in [5.74, 6) is 0.0492. The Balaban J connectivity index is 2.31. The van der Waals surface area contributed by atoms with E-state index in [-0.39, 0.29) is 18.1 Å². The topological polar surface area (TPSA) is 80.4 Å². The van der Waals surface area contributed by atoms with E-state index in [1.165, 1.54) is 11.3 Å². The number of halogens is 1. The van der Waals surface area contributed by atoms with Crippen LogP contribution in [0.3, 0.4) is 0 Å². The molecule has 0 saturated carbocycles. The molecule has 1 aliphatic heterocycles. The van der Waals surface area contributed by atoms with Gasteiger partial charge in [-0.25, -0.2) is 8.42 Å². The van der Waals surface area contributed by atoms with Crippen LogP contribution in [-0.2, 0) is 9.84 Å². The molecule has 0 aromatic carbocycles. The number of thiophene rings is 1. The Labute approximate surface area is 109 Å². The van der Waals surface area contributed by atoms with E-state index in [9.17, 15) is 13.5 Å². The minimum atomic E-state index is -3.08. The average molecular weight is 296 g/mol. The highest BCUT2D eigenvalue weighted by Crippen LogP contribution is 2.44. The number of sulfone groups is 1. The van der Waals surface area contributed by atoms with Crippen molar-refractivity contribution in [1.29, 1.82) is 0 Å². The molecule has 1 saturated heterocycles. The van der Waals surface area contributed by atoms with Gasteiger partial charge in [0.05, 0.1) is 21.9 Å². The lowest BCUT2D eigenvalue weighted by atomic mass is 9.81. The Morgan fingerprint density at radius 1 is 1.59 bits per heavy atom. The zero-order valence-corrected chi connectivity index (χ0v) is 11.5. The van der Waals surface area contributed by atoms with Gasteiger partial charge in [0.15, 0.2) is 9.84 Å². The molecule has 2 unspecified atom stereocenters. The van der Waals surface area contributed by atoms with Crippen LogP contribution in [0.15, 0.2) is 12.1 Å². The van der Waals surface area contributed by atoms with Crippen LogP contribution < -0.4 is 5.73 Å². The standard InChI is InChI=1S/C10H14ClNO3S2/c11-8-2-1-7(16-8)9(13)10(5-12)3-4-17(14,15)6-10/h1-2,9,13H,3-6,12H2. The van der Waals surface area contributed by atoms with E-state index in [1.807, 2.05) is 0 Å². The van der Waals surface area contributed by atoms with Crippen molar-refractivity contribution in [3.8, 4) is 0 Å². The summed E-state index contributed by atoms with van der Waals surface area (Å²) in [6.45, 7) is 0.156. The fourth-order valence-corrected chi connectivity index (χ4v) is 5.55. The van der Waals surface area contributed by atoms with Crippen molar-refractivity contribution < 1.29 is 13.5 Å². The summed E-state index contributed by atoms with van der Waals surface area (Å²) in [4.78, 5) is 0.678. The van der Waals surface area contributed by atoms with Crippen LogP contribution in [-0.4, -0.2) is 31.6 Å². The molecule has 1 aromatic rings. The van der Waals surface area contributed by atoms with Crippen LogP contribution in [0, 0.1) is 5.41 Å². The van der Waals surface area contributed by atoms with Crippen LogP contribution in [0.2, 0.25) is 4.34 Å². The first kappa shape index (κ1) is 13.3. The van der Waals surface area contributed by atoms with Crippen LogP contribution in [0.5, 0.6) is 0 Å². The summed E-state index contributed by atoms with van der Waals surface area (Å²) in [6, 6.07) is 3.42. The van der Waals surface area contributed by atoms with Crippen molar-refractivity contribution in [3.05, 3.63) is 21.3 Å². The van der Waals surface area contributed by atoms with Crippen molar-refractivity contribution >= 4 is 32.8 Å². The molecule has 7 heteroatoms. The van der Waals surface area contributed by atoms with E-state index in [2.05, 4.69) is 0 Å². The van der Waals surface area contributed by atoms with Crippen molar-refractivity contribution in [2.24, 2.45) is 11.1 Å². The van der Waals surface area contributed by atoms with E-state index in [1.54, 1.807) is 12.1 Å². The maximum atomic E-state index is 11.6. The van der Waals surface area contributed by atoms with E-state index < -0.39 is 21.4 Å². The first-order valence-electron chi connectivity index (χ1n) is 5.22. The summed E-state index contributed by atoms with van der Waals surface area (Å²) in [7, 11) is -3.08. The Morgan fingerprint density at radius 3 is 2.71 bits per heavy atom. The molecule has 17 heavy (non-hydrogen) atoms. The quantitative estimate of drug-likeness (QED) is 0.878. The molecule has 0 amide bonds. The summed E-state index contributed by atoms with van der Waals surface area (Å²) in [5, 5.41) is 10.3.